The number of fused-ring (bicyclic) bond motifs is 1. The number of rotatable bonds is 2. The minimum atomic E-state index is 0.511. The summed E-state index contributed by atoms with van der Waals surface area (Å²) >= 11 is 12.1. The molecule has 0 aliphatic heterocycles. The number of methoxy groups -OCH3 is 1. The van der Waals surface area contributed by atoms with Crippen molar-refractivity contribution in [3.63, 3.8) is 0 Å². The Labute approximate surface area is 125 Å². The summed E-state index contributed by atoms with van der Waals surface area (Å²) < 4.78 is 7.05. The average Bonchev–Trinajstić information content (AvgIpc) is 2.75. The van der Waals surface area contributed by atoms with Crippen LogP contribution in [-0.2, 0) is 0 Å². The molecule has 0 bridgehead atoms. The Hall–Kier alpha value is -1.91. The lowest BCUT2D eigenvalue weighted by Gasteiger charge is -2.02. The molecule has 20 heavy (non-hydrogen) atoms. The highest BCUT2D eigenvalue weighted by atomic mass is 35.5. The summed E-state index contributed by atoms with van der Waals surface area (Å²) in [6, 6.07) is 8.89. The summed E-state index contributed by atoms with van der Waals surface area (Å²) in [4.78, 5) is 4.53. The standard InChI is InChI=1S/C14H11Cl2N3O/c1-20-11-3-2-4-19-13(17)12(18-14(11)19)8-5-9(15)7-10(16)6-8/h2-7H,17H2,1H3. The third-order valence-corrected chi connectivity index (χ3v) is 3.44. The molecule has 2 N–H and O–H groups in total. The lowest BCUT2D eigenvalue weighted by molar-refractivity contribution is 0.417. The molecular formula is C14H11Cl2N3O. The van der Waals surface area contributed by atoms with Gasteiger partial charge < -0.3 is 10.5 Å². The quantitative estimate of drug-likeness (QED) is 0.781. The van der Waals surface area contributed by atoms with Crippen LogP contribution in [0.2, 0.25) is 10.0 Å². The van der Waals surface area contributed by atoms with Gasteiger partial charge in [0.05, 0.1) is 7.11 Å². The van der Waals surface area contributed by atoms with Gasteiger partial charge in [-0.05, 0) is 30.3 Å². The van der Waals surface area contributed by atoms with E-state index in [4.69, 9.17) is 33.7 Å². The minimum absolute atomic E-state index is 0.511. The van der Waals surface area contributed by atoms with E-state index < -0.39 is 0 Å². The van der Waals surface area contributed by atoms with Crippen molar-refractivity contribution in [1.29, 1.82) is 0 Å². The molecule has 2 aromatic heterocycles. The summed E-state index contributed by atoms with van der Waals surface area (Å²) in [7, 11) is 1.59. The predicted octanol–water partition coefficient (Wildman–Crippen LogP) is 3.90. The fourth-order valence-electron chi connectivity index (χ4n) is 2.12. The molecule has 1 aromatic carbocycles. The molecule has 0 atom stereocenters. The first-order valence-electron chi connectivity index (χ1n) is 5.87. The topological polar surface area (TPSA) is 52.5 Å². The van der Waals surface area contributed by atoms with E-state index in [1.807, 2.05) is 18.3 Å². The first-order valence-corrected chi connectivity index (χ1v) is 6.62. The molecular weight excluding hydrogens is 297 g/mol. The second-order valence-corrected chi connectivity index (χ2v) is 5.15. The molecule has 6 heteroatoms. The van der Waals surface area contributed by atoms with Crippen molar-refractivity contribution in [2.45, 2.75) is 0 Å². The summed E-state index contributed by atoms with van der Waals surface area (Å²) in [5.74, 6) is 1.16. The maximum absolute atomic E-state index is 6.15. The lowest BCUT2D eigenvalue weighted by atomic mass is 10.1. The van der Waals surface area contributed by atoms with Crippen LogP contribution in [0.5, 0.6) is 5.75 Å². The van der Waals surface area contributed by atoms with Crippen molar-refractivity contribution < 1.29 is 4.74 Å². The van der Waals surface area contributed by atoms with Gasteiger partial charge in [0.2, 0.25) is 0 Å². The Morgan fingerprint density at radius 2 is 1.90 bits per heavy atom. The zero-order chi connectivity index (χ0) is 14.3. The zero-order valence-corrected chi connectivity index (χ0v) is 12.1. The van der Waals surface area contributed by atoms with Crippen LogP contribution in [0.15, 0.2) is 36.5 Å². The Morgan fingerprint density at radius 1 is 1.20 bits per heavy atom. The first kappa shape index (κ1) is 13.1. The van der Waals surface area contributed by atoms with Crippen molar-refractivity contribution >= 4 is 34.7 Å². The van der Waals surface area contributed by atoms with E-state index in [0.29, 0.717) is 33.0 Å². The van der Waals surface area contributed by atoms with Crippen LogP contribution in [-0.4, -0.2) is 16.5 Å². The highest BCUT2D eigenvalue weighted by Gasteiger charge is 2.15. The molecule has 0 aliphatic carbocycles. The molecule has 0 saturated heterocycles. The summed E-state index contributed by atoms with van der Waals surface area (Å²) in [6.07, 6.45) is 1.83. The van der Waals surface area contributed by atoms with Crippen molar-refractivity contribution in [2.75, 3.05) is 12.8 Å². The SMILES string of the molecule is COc1cccn2c(N)c(-c3cc(Cl)cc(Cl)c3)nc12. The molecule has 0 amide bonds. The van der Waals surface area contributed by atoms with Crippen molar-refractivity contribution in [2.24, 2.45) is 0 Å². The monoisotopic (exact) mass is 307 g/mol. The van der Waals surface area contributed by atoms with Crippen LogP contribution in [0.25, 0.3) is 16.9 Å². The number of nitrogens with zero attached hydrogens (tertiary/aromatic N) is 2. The van der Waals surface area contributed by atoms with E-state index >= 15 is 0 Å². The maximum Gasteiger partial charge on any atom is 0.181 e. The van der Waals surface area contributed by atoms with Gasteiger partial charge >= 0.3 is 0 Å². The highest BCUT2D eigenvalue weighted by molar-refractivity contribution is 6.35. The molecule has 102 valence electrons. The molecule has 0 saturated carbocycles. The lowest BCUT2D eigenvalue weighted by Crippen LogP contribution is -1.95. The number of anilines is 1. The van der Waals surface area contributed by atoms with E-state index in [1.54, 1.807) is 29.7 Å². The van der Waals surface area contributed by atoms with Gasteiger partial charge in [-0.3, -0.25) is 4.40 Å². The molecule has 0 spiro atoms. The van der Waals surface area contributed by atoms with Gasteiger partial charge in [0.1, 0.15) is 11.5 Å². The van der Waals surface area contributed by atoms with Gasteiger partial charge in [0.25, 0.3) is 0 Å². The molecule has 0 fully saturated rings. The van der Waals surface area contributed by atoms with Gasteiger partial charge in [-0.25, -0.2) is 4.98 Å². The van der Waals surface area contributed by atoms with Gasteiger partial charge in [-0.15, -0.1) is 0 Å². The van der Waals surface area contributed by atoms with Crippen molar-refractivity contribution in [3.8, 4) is 17.0 Å². The van der Waals surface area contributed by atoms with Crippen LogP contribution in [0.4, 0.5) is 5.82 Å². The Balaban J connectivity index is 2.29. The van der Waals surface area contributed by atoms with Crippen LogP contribution >= 0.6 is 23.2 Å². The Kier molecular flexibility index (Phi) is 3.20. The molecule has 4 nitrogen and oxygen atoms in total. The molecule has 0 unspecified atom stereocenters. The Bertz CT molecular complexity index is 778. The van der Waals surface area contributed by atoms with Gasteiger partial charge in [-0.2, -0.15) is 0 Å². The van der Waals surface area contributed by atoms with Crippen LogP contribution in [0, 0.1) is 0 Å². The van der Waals surface area contributed by atoms with Crippen molar-refractivity contribution in [3.05, 3.63) is 46.6 Å². The smallest absolute Gasteiger partial charge is 0.181 e. The number of hydrogen-bond donors (Lipinski definition) is 1. The number of nitrogens with two attached hydrogens (primary N) is 1. The largest absolute Gasteiger partial charge is 0.493 e. The van der Waals surface area contributed by atoms with E-state index in [9.17, 15) is 0 Å². The summed E-state index contributed by atoms with van der Waals surface area (Å²) in [6.45, 7) is 0. The average molecular weight is 308 g/mol. The second-order valence-electron chi connectivity index (χ2n) is 4.27. The minimum Gasteiger partial charge on any atom is -0.493 e. The molecule has 3 rings (SSSR count). The van der Waals surface area contributed by atoms with Gasteiger partial charge in [-0.1, -0.05) is 23.2 Å². The Morgan fingerprint density at radius 3 is 2.55 bits per heavy atom. The van der Waals surface area contributed by atoms with Crippen LogP contribution in [0.1, 0.15) is 0 Å². The number of aromatic nitrogens is 2. The predicted molar refractivity (Wildman–Crippen MR) is 81.6 cm³/mol. The molecule has 0 aliphatic rings. The summed E-state index contributed by atoms with van der Waals surface area (Å²) in [5, 5.41) is 1.08. The number of nitrogen functional groups attached to an aromatic ring is 1. The third kappa shape index (κ3) is 2.07. The number of imidazole rings is 1. The third-order valence-electron chi connectivity index (χ3n) is 3.01. The number of hydrogen-bond acceptors (Lipinski definition) is 3. The van der Waals surface area contributed by atoms with Crippen LogP contribution in [0.3, 0.4) is 0 Å². The first-order chi connectivity index (χ1) is 9.60. The van der Waals surface area contributed by atoms with E-state index in [0.717, 1.165) is 5.56 Å². The fraction of sp³-hybridized carbons (Fsp3) is 0.0714. The fourth-order valence-corrected chi connectivity index (χ4v) is 2.65. The molecule has 3 aromatic rings. The zero-order valence-electron chi connectivity index (χ0n) is 10.6. The molecule has 0 radical (unpaired) electrons. The number of halogens is 2. The number of benzene rings is 1. The van der Waals surface area contributed by atoms with Gasteiger partial charge in [0, 0.05) is 21.8 Å². The highest BCUT2D eigenvalue weighted by Crippen LogP contribution is 2.33. The second kappa shape index (κ2) is 4.89. The van der Waals surface area contributed by atoms with Crippen LogP contribution < -0.4 is 10.5 Å². The number of ether oxygens (including phenoxy) is 1. The van der Waals surface area contributed by atoms with Gasteiger partial charge in [0.15, 0.2) is 11.4 Å². The van der Waals surface area contributed by atoms with E-state index in [1.165, 1.54) is 0 Å². The normalized spacial score (nSPS) is 10.9. The molecule has 2 heterocycles. The van der Waals surface area contributed by atoms with E-state index in [2.05, 4.69) is 4.98 Å². The van der Waals surface area contributed by atoms with E-state index in [-0.39, 0.29) is 0 Å². The number of pyridine rings is 1. The maximum atomic E-state index is 6.15. The van der Waals surface area contributed by atoms with Crippen molar-refractivity contribution in [1.82, 2.24) is 9.38 Å². The summed E-state index contributed by atoms with van der Waals surface area (Å²) in [5.41, 5.74) is 8.20.